The minimum Gasteiger partial charge on any atom is -0.469 e. The summed E-state index contributed by atoms with van der Waals surface area (Å²) in [5, 5.41) is 6.64. The van der Waals surface area contributed by atoms with Crippen LogP contribution in [-0.4, -0.2) is 25.6 Å². The summed E-state index contributed by atoms with van der Waals surface area (Å²) in [6, 6.07) is 3.91. The molecule has 0 saturated heterocycles. The Balaban J connectivity index is 0.00000324. The summed E-state index contributed by atoms with van der Waals surface area (Å²) in [6.07, 6.45) is 3.68. The normalized spacial score (nSPS) is 11.3. The van der Waals surface area contributed by atoms with Crippen molar-refractivity contribution in [1.82, 2.24) is 10.6 Å². The summed E-state index contributed by atoms with van der Waals surface area (Å²) >= 11 is 0. The third kappa shape index (κ3) is 8.91. The highest BCUT2D eigenvalue weighted by molar-refractivity contribution is 14.0. The largest absolute Gasteiger partial charge is 0.469 e. The number of nitrogens with zero attached hydrogens (tertiary/aromatic N) is 1. The van der Waals surface area contributed by atoms with Crippen molar-refractivity contribution in [3.8, 4) is 0 Å². The summed E-state index contributed by atoms with van der Waals surface area (Å²) in [5.74, 6) is 2.48. The van der Waals surface area contributed by atoms with E-state index >= 15 is 0 Å². The van der Waals surface area contributed by atoms with Crippen LogP contribution < -0.4 is 10.6 Å². The molecule has 0 aliphatic rings. The number of aliphatic imine (C=N–C) groups is 1. The van der Waals surface area contributed by atoms with Crippen molar-refractivity contribution < 1.29 is 4.42 Å². The van der Waals surface area contributed by atoms with Crippen LogP contribution in [0.15, 0.2) is 27.8 Å². The number of hydrogen-bond donors (Lipinski definition) is 2. The highest BCUT2D eigenvalue weighted by Gasteiger charge is 2.00. The van der Waals surface area contributed by atoms with Crippen LogP contribution in [0.25, 0.3) is 0 Å². The summed E-state index contributed by atoms with van der Waals surface area (Å²) in [7, 11) is 0. The lowest BCUT2D eigenvalue weighted by atomic mass is 10.2. The van der Waals surface area contributed by atoms with Crippen LogP contribution in [0, 0.1) is 5.92 Å². The van der Waals surface area contributed by atoms with Crippen molar-refractivity contribution >= 4 is 29.9 Å². The molecule has 0 radical (unpaired) electrons. The lowest BCUT2D eigenvalue weighted by molar-refractivity contribution is 0.506. The Labute approximate surface area is 133 Å². The summed E-state index contributed by atoms with van der Waals surface area (Å²) in [4.78, 5) is 4.54. The molecule has 1 aromatic heterocycles. The number of nitrogens with one attached hydrogen (secondary N) is 2. The minimum absolute atomic E-state index is 0. The fraction of sp³-hybridized carbons (Fsp3) is 0.643. The fourth-order valence-corrected chi connectivity index (χ4v) is 1.45. The molecule has 0 fully saturated rings. The van der Waals surface area contributed by atoms with Crippen LogP contribution in [0.5, 0.6) is 0 Å². The van der Waals surface area contributed by atoms with Crippen LogP contribution in [0.4, 0.5) is 0 Å². The second-order valence-corrected chi connectivity index (χ2v) is 4.77. The highest BCUT2D eigenvalue weighted by atomic mass is 127. The lowest BCUT2D eigenvalue weighted by Gasteiger charge is -2.12. The maximum absolute atomic E-state index is 5.29. The van der Waals surface area contributed by atoms with Crippen molar-refractivity contribution in [2.75, 3.05) is 19.6 Å². The molecule has 0 spiro atoms. The Hall–Kier alpha value is -0.720. The molecule has 4 nitrogen and oxygen atoms in total. The molecule has 5 heteroatoms. The first-order chi connectivity index (χ1) is 8.72. The van der Waals surface area contributed by atoms with Crippen molar-refractivity contribution in [2.45, 2.75) is 33.6 Å². The minimum atomic E-state index is 0. The van der Waals surface area contributed by atoms with Gasteiger partial charge in [-0.25, -0.2) is 0 Å². The zero-order chi connectivity index (χ0) is 13.2. The zero-order valence-electron chi connectivity index (χ0n) is 12.1. The molecule has 0 bridgehead atoms. The fourth-order valence-electron chi connectivity index (χ4n) is 1.45. The second-order valence-electron chi connectivity index (χ2n) is 4.77. The number of furan rings is 1. The maximum atomic E-state index is 5.29. The van der Waals surface area contributed by atoms with Gasteiger partial charge in [0.05, 0.1) is 6.26 Å². The summed E-state index contributed by atoms with van der Waals surface area (Å²) < 4.78 is 5.29. The highest BCUT2D eigenvalue weighted by Crippen LogP contribution is 1.99. The molecule has 1 heterocycles. The quantitative estimate of drug-likeness (QED) is 0.435. The summed E-state index contributed by atoms with van der Waals surface area (Å²) in [5.41, 5.74) is 0. The molecule has 2 N–H and O–H groups in total. The molecule has 19 heavy (non-hydrogen) atoms. The van der Waals surface area contributed by atoms with Gasteiger partial charge in [-0.15, -0.1) is 24.0 Å². The molecular formula is C14H26IN3O. The van der Waals surface area contributed by atoms with Crippen LogP contribution in [0.3, 0.4) is 0 Å². The van der Waals surface area contributed by atoms with Gasteiger partial charge in [0.1, 0.15) is 5.76 Å². The average molecular weight is 379 g/mol. The van der Waals surface area contributed by atoms with E-state index in [1.165, 1.54) is 0 Å². The SMILES string of the molecule is CCCNC(=NCC(C)C)NCCc1ccco1.I. The van der Waals surface area contributed by atoms with Gasteiger partial charge in [-0.3, -0.25) is 4.99 Å². The molecule has 0 unspecified atom stereocenters. The molecule has 0 saturated carbocycles. The molecule has 0 aliphatic carbocycles. The lowest BCUT2D eigenvalue weighted by Crippen LogP contribution is -2.39. The first-order valence-corrected chi connectivity index (χ1v) is 6.77. The van der Waals surface area contributed by atoms with E-state index in [1.807, 2.05) is 12.1 Å². The number of halogens is 1. The first-order valence-electron chi connectivity index (χ1n) is 6.77. The Bertz CT molecular complexity index is 336. The van der Waals surface area contributed by atoms with Gasteiger partial charge < -0.3 is 15.1 Å². The van der Waals surface area contributed by atoms with Crippen LogP contribution >= 0.6 is 24.0 Å². The van der Waals surface area contributed by atoms with Gasteiger partial charge in [-0.2, -0.15) is 0 Å². The van der Waals surface area contributed by atoms with Gasteiger partial charge in [0.2, 0.25) is 0 Å². The number of guanidine groups is 1. The second kappa shape index (κ2) is 11.1. The third-order valence-corrected chi connectivity index (χ3v) is 2.40. The van der Waals surface area contributed by atoms with E-state index in [4.69, 9.17) is 4.42 Å². The maximum Gasteiger partial charge on any atom is 0.191 e. The van der Waals surface area contributed by atoms with Crippen molar-refractivity contribution in [1.29, 1.82) is 0 Å². The number of rotatable bonds is 7. The molecular weight excluding hydrogens is 353 g/mol. The van der Waals surface area contributed by atoms with Gasteiger partial charge >= 0.3 is 0 Å². The van der Waals surface area contributed by atoms with Crippen LogP contribution in [0.2, 0.25) is 0 Å². The van der Waals surface area contributed by atoms with Gasteiger partial charge in [0.25, 0.3) is 0 Å². The predicted octanol–water partition coefficient (Wildman–Crippen LogP) is 3.04. The molecule has 1 aromatic rings. The van der Waals surface area contributed by atoms with E-state index in [9.17, 15) is 0 Å². The van der Waals surface area contributed by atoms with E-state index in [1.54, 1.807) is 6.26 Å². The monoisotopic (exact) mass is 379 g/mol. The predicted molar refractivity (Wildman–Crippen MR) is 91.3 cm³/mol. The third-order valence-electron chi connectivity index (χ3n) is 2.40. The topological polar surface area (TPSA) is 49.6 Å². The standard InChI is InChI=1S/C14H25N3O.HI/c1-4-8-15-14(17-11-12(2)3)16-9-7-13-6-5-10-18-13;/h5-6,10,12H,4,7-9,11H2,1-3H3,(H2,15,16,17);1H. The van der Waals surface area contributed by atoms with Gasteiger partial charge in [0.15, 0.2) is 5.96 Å². The molecule has 110 valence electrons. The number of hydrogen-bond acceptors (Lipinski definition) is 2. The smallest absolute Gasteiger partial charge is 0.191 e. The Kier molecular flexibility index (Phi) is 10.7. The van der Waals surface area contributed by atoms with Gasteiger partial charge in [-0.1, -0.05) is 20.8 Å². The van der Waals surface area contributed by atoms with Crippen LogP contribution in [0.1, 0.15) is 33.0 Å². The van der Waals surface area contributed by atoms with E-state index in [0.29, 0.717) is 5.92 Å². The Morgan fingerprint density at radius 1 is 1.32 bits per heavy atom. The van der Waals surface area contributed by atoms with Gasteiger partial charge in [-0.05, 0) is 24.5 Å². The molecule has 1 rings (SSSR count). The Morgan fingerprint density at radius 3 is 2.63 bits per heavy atom. The van der Waals surface area contributed by atoms with Gasteiger partial charge in [0, 0.05) is 26.1 Å². The molecule has 0 amide bonds. The summed E-state index contributed by atoms with van der Waals surface area (Å²) in [6.45, 7) is 9.12. The average Bonchev–Trinajstić information content (AvgIpc) is 2.84. The van der Waals surface area contributed by atoms with Crippen molar-refractivity contribution in [2.24, 2.45) is 10.9 Å². The van der Waals surface area contributed by atoms with E-state index < -0.39 is 0 Å². The van der Waals surface area contributed by atoms with Crippen molar-refractivity contribution in [3.05, 3.63) is 24.2 Å². The molecule has 0 atom stereocenters. The van der Waals surface area contributed by atoms with E-state index in [0.717, 1.165) is 44.2 Å². The van der Waals surface area contributed by atoms with E-state index in [-0.39, 0.29) is 24.0 Å². The van der Waals surface area contributed by atoms with Crippen LogP contribution in [-0.2, 0) is 6.42 Å². The molecule has 0 aromatic carbocycles. The van der Waals surface area contributed by atoms with Crippen molar-refractivity contribution in [3.63, 3.8) is 0 Å². The Morgan fingerprint density at radius 2 is 2.05 bits per heavy atom. The first kappa shape index (κ1) is 18.3. The zero-order valence-corrected chi connectivity index (χ0v) is 14.4. The molecule has 0 aliphatic heterocycles. The van der Waals surface area contributed by atoms with E-state index in [2.05, 4.69) is 36.4 Å².